The fourth-order valence-corrected chi connectivity index (χ4v) is 3.89. The van der Waals surface area contributed by atoms with Crippen LogP contribution in [0.5, 0.6) is 0 Å². The number of carbonyl (C=O) groups excluding carboxylic acids is 1. The van der Waals surface area contributed by atoms with Gasteiger partial charge in [0.25, 0.3) is 0 Å². The number of allylic oxidation sites excluding steroid dienone is 2. The van der Waals surface area contributed by atoms with Gasteiger partial charge < -0.3 is 14.7 Å². The van der Waals surface area contributed by atoms with Gasteiger partial charge in [0.2, 0.25) is 0 Å². The predicted molar refractivity (Wildman–Crippen MR) is 121 cm³/mol. The van der Waals surface area contributed by atoms with Gasteiger partial charge in [0.15, 0.2) is 0 Å². The second-order valence-electron chi connectivity index (χ2n) is 7.26. The molecule has 0 bridgehead atoms. The number of esters is 1. The van der Waals surface area contributed by atoms with Crippen molar-refractivity contribution in [2.24, 2.45) is 0 Å². The summed E-state index contributed by atoms with van der Waals surface area (Å²) < 4.78 is 5.51. The van der Waals surface area contributed by atoms with Crippen LogP contribution in [0.2, 0.25) is 5.02 Å². The molecule has 0 saturated carbocycles. The number of aliphatic carboxylic acids is 1. The topological polar surface area (TPSA) is 66.8 Å². The van der Waals surface area contributed by atoms with E-state index in [2.05, 4.69) is 0 Å². The number of carboxylic acid groups (broad SMARTS) is 1. The van der Waals surface area contributed by atoms with E-state index in [0.717, 1.165) is 5.56 Å². The van der Waals surface area contributed by atoms with Crippen LogP contribution in [0.25, 0.3) is 6.08 Å². The molecular weight excluding hydrogens is 414 g/mol. The highest BCUT2D eigenvalue weighted by atomic mass is 35.5. The van der Waals surface area contributed by atoms with E-state index in [4.69, 9.17) is 16.3 Å². The van der Waals surface area contributed by atoms with Gasteiger partial charge >= 0.3 is 11.9 Å². The smallest absolute Gasteiger partial charge is 0.337 e. The number of nitrogens with zero attached hydrogens (tertiary/aromatic N) is 1. The van der Waals surface area contributed by atoms with E-state index in [0.29, 0.717) is 27.6 Å². The Hall–Kier alpha value is -3.31. The molecule has 160 valence electrons. The maximum atomic E-state index is 13.1. The molecule has 1 unspecified atom stereocenters. The van der Waals surface area contributed by atoms with Crippen LogP contribution in [-0.4, -0.2) is 35.6 Å². The molecule has 1 aliphatic heterocycles. The normalized spacial score (nSPS) is 16.8. The lowest BCUT2D eigenvalue weighted by Gasteiger charge is -2.35. The molecule has 1 N–H and O–H groups in total. The first-order valence-electron chi connectivity index (χ1n) is 9.84. The van der Waals surface area contributed by atoms with Crippen molar-refractivity contribution in [1.29, 1.82) is 0 Å². The molecule has 0 aromatic heterocycles. The fourth-order valence-electron chi connectivity index (χ4n) is 3.69. The standard InChI is InChI=1S/C25H24ClNO4/c1-16-21(24(28)29)23(19-12-7-13-20(26)15-19)22(17(2)27(16)3)25(30)31-14-8-11-18-9-5-4-6-10-18/h4-13,15,23H,14H2,1-3H3,(H,28,29). The summed E-state index contributed by atoms with van der Waals surface area (Å²) in [5.41, 5.74) is 3.25. The number of rotatable bonds is 6. The zero-order chi connectivity index (χ0) is 22.5. The highest BCUT2D eigenvalue weighted by Crippen LogP contribution is 2.42. The first-order chi connectivity index (χ1) is 14.8. The number of benzene rings is 2. The van der Waals surface area contributed by atoms with Gasteiger partial charge in [-0.1, -0.05) is 60.1 Å². The molecule has 2 aromatic rings. The third-order valence-corrected chi connectivity index (χ3v) is 5.65. The number of carboxylic acids is 1. The molecule has 31 heavy (non-hydrogen) atoms. The van der Waals surface area contributed by atoms with Crippen LogP contribution in [0.4, 0.5) is 0 Å². The van der Waals surface area contributed by atoms with Gasteiger partial charge in [-0.2, -0.15) is 0 Å². The maximum Gasteiger partial charge on any atom is 0.337 e. The molecule has 0 spiro atoms. The quantitative estimate of drug-likeness (QED) is 0.624. The minimum Gasteiger partial charge on any atom is -0.478 e. The van der Waals surface area contributed by atoms with Crippen LogP contribution in [0.15, 0.2) is 83.2 Å². The average Bonchev–Trinajstić information content (AvgIpc) is 2.75. The molecule has 1 aliphatic rings. The Labute approximate surface area is 186 Å². The van der Waals surface area contributed by atoms with E-state index >= 15 is 0 Å². The van der Waals surface area contributed by atoms with Crippen molar-refractivity contribution in [2.75, 3.05) is 13.7 Å². The van der Waals surface area contributed by atoms with E-state index in [-0.39, 0.29) is 12.2 Å². The molecule has 6 heteroatoms. The number of hydrogen-bond donors (Lipinski definition) is 1. The molecule has 0 fully saturated rings. The van der Waals surface area contributed by atoms with E-state index in [9.17, 15) is 14.7 Å². The average molecular weight is 438 g/mol. The second kappa shape index (κ2) is 9.67. The summed E-state index contributed by atoms with van der Waals surface area (Å²) in [4.78, 5) is 27.0. The largest absolute Gasteiger partial charge is 0.478 e. The van der Waals surface area contributed by atoms with Crippen molar-refractivity contribution < 1.29 is 19.4 Å². The fraction of sp³-hybridized carbons (Fsp3) is 0.200. The Kier molecular flexibility index (Phi) is 6.98. The minimum absolute atomic E-state index is 0.0710. The zero-order valence-corrected chi connectivity index (χ0v) is 18.4. The highest BCUT2D eigenvalue weighted by Gasteiger charge is 2.39. The Morgan fingerprint density at radius 1 is 1.06 bits per heavy atom. The van der Waals surface area contributed by atoms with Crippen LogP contribution >= 0.6 is 11.6 Å². The van der Waals surface area contributed by atoms with E-state index in [1.165, 1.54) is 0 Å². The van der Waals surface area contributed by atoms with Crippen molar-refractivity contribution in [2.45, 2.75) is 19.8 Å². The Balaban J connectivity index is 1.93. The predicted octanol–water partition coefficient (Wildman–Crippen LogP) is 5.26. The molecule has 3 rings (SSSR count). The molecule has 5 nitrogen and oxygen atoms in total. The summed E-state index contributed by atoms with van der Waals surface area (Å²) in [6, 6.07) is 16.6. The third-order valence-electron chi connectivity index (χ3n) is 5.42. The number of hydrogen-bond acceptors (Lipinski definition) is 4. The van der Waals surface area contributed by atoms with E-state index < -0.39 is 17.9 Å². The van der Waals surface area contributed by atoms with Crippen LogP contribution in [0.3, 0.4) is 0 Å². The molecule has 2 aromatic carbocycles. The van der Waals surface area contributed by atoms with Gasteiger partial charge in [0.1, 0.15) is 6.61 Å². The van der Waals surface area contributed by atoms with Crippen molar-refractivity contribution >= 4 is 29.6 Å². The summed E-state index contributed by atoms with van der Waals surface area (Å²) in [6.07, 6.45) is 3.62. The number of halogens is 1. The lowest BCUT2D eigenvalue weighted by Crippen LogP contribution is -2.33. The van der Waals surface area contributed by atoms with Gasteiger partial charge in [0, 0.05) is 23.5 Å². The minimum atomic E-state index is -1.09. The second-order valence-corrected chi connectivity index (χ2v) is 7.70. The Morgan fingerprint density at radius 3 is 2.39 bits per heavy atom. The maximum absolute atomic E-state index is 13.1. The van der Waals surface area contributed by atoms with Crippen LogP contribution in [-0.2, 0) is 14.3 Å². The van der Waals surface area contributed by atoms with E-state index in [1.807, 2.05) is 36.4 Å². The van der Waals surface area contributed by atoms with Gasteiger partial charge in [-0.05, 0) is 43.2 Å². The summed E-state index contributed by atoms with van der Waals surface area (Å²) in [5.74, 6) is -2.42. The summed E-state index contributed by atoms with van der Waals surface area (Å²) in [5, 5.41) is 10.4. The van der Waals surface area contributed by atoms with Crippen molar-refractivity contribution in [1.82, 2.24) is 4.90 Å². The van der Waals surface area contributed by atoms with Crippen molar-refractivity contribution in [3.8, 4) is 0 Å². The molecule has 0 aliphatic carbocycles. The first-order valence-corrected chi connectivity index (χ1v) is 10.2. The lowest BCUT2D eigenvalue weighted by atomic mass is 9.80. The summed E-state index contributed by atoms with van der Waals surface area (Å²) in [6.45, 7) is 3.59. The Bertz CT molecular complexity index is 1090. The highest BCUT2D eigenvalue weighted by molar-refractivity contribution is 6.30. The number of carbonyl (C=O) groups is 2. The van der Waals surface area contributed by atoms with Crippen LogP contribution in [0.1, 0.15) is 30.9 Å². The van der Waals surface area contributed by atoms with Crippen molar-refractivity contribution in [3.05, 3.63) is 99.4 Å². The lowest BCUT2D eigenvalue weighted by molar-refractivity contribution is -0.138. The third kappa shape index (κ3) is 4.89. The Morgan fingerprint density at radius 2 is 1.74 bits per heavy atom. The molecule has 0 saturated heterocycles. The van der Waals surface area contributed by atoms with Gasteiger partial charge in [0.05, 0.1) is 17.1 Å². The van der Waals surface area contributed by atoms with Crippen molar-refractivity contribution in [3.63, 3.8) is 0 Å². The molecule has 1 atom stereocenters. The summed E-state index contributed by atoms with van der Waals surface area (Å²) >= 11 is 6.17. The monoisotopic (exact) mass is 437 g/mol. The molecule has 0 radical (unpaired) electrons. The van der Waals surface area contributed by atoms with Gasteiger partial charge in [-0.15, -0.1) is 0 Å². The summed E-state index contributed by atoms with van der Waals surface area (Å²) in [7, 11) is 1.74. The SMILES string of the molecule is CC1=C(C(=O)O)C(c2cccc(Cl)c2)C(C(=O)OCC=Cc2ccccc2)=C(C)N1C. The molecule has 1 heterocycles. The van der Waals surface area contributed by atoms with Crippen LogP contribution in [0, 0.1) is 0 Å². The molecular formula is C25H24ClNO4. The van der Waals surface area contributed by atoms with Crippen LogP contribution < -0.4 is 0 Å². The first kappa shape index (κ1) is 22.4. The molecule has 0 amide bonds. The number of ether oxygens (including phenoxy) is 1. The van der Waals surface area contributed by atoms with Gasteiger partial charge in [-0.3, -0.25) is 0 Å². The zero-order valence-electron chi connectivity index (χ0n) is 17.6. The van der Waals surface area contributed by atoms with Gasteiger partial charge in [-0.25, -0.2) is 9.59 Å². The van der Waals surface area contributed by atoms with E-state index in [1.54, 1.807) is 56.1 Å².